The lowest BCUT2D eigenvalue weighted by Crippen LogP contribution is -2.05. The van der Waals surface area contributed by atoms with Crippen LogP contribution in [0.25, 0.3) is 10.9 Å². The van der Waals surface area contributed by atoms with Gasteiger partial charge in [-0.2, -0.15) is 0 Å². The number of rotatable bonds is 3. The minimum atomic E-state index is 0.721. The average molecular weight is 237 g/mol. The van der Waals surface area contributed by atoms with Crippen molar-refractivity contribution in [3.05, 3.63) is 34.5 Å². The summed E-state index contributed by atoms with van der Waals surface area (Å²) in [4.78, 5) is 0. The van der Waals surface area contributed by atoms with Crippen LogP contribution in [0.4, 0.5) is 0 Å². The molecule has 0 fully saturated rings. The molecule has 0 saturated heterocycles. The van der Waals surface area contributed by atoms with Gasteiger partial charge < -0.3 is 10.3 Å². The fourth-order valence-corrected chi connectivity index (χ4v) is 2.32. The lowest BCUT2D eigenvalue weighted by Gasteiger charge is -2.07. The van der Waals surface area contributed by atoms with Crippen LogP contribution in [0.3, 0.4) is 0 Å². The van der Waals surface area contributed by atoms with Crippen LogP contribution < -0.4 is 5.73 Å². The Balaban J connectivity index is 2.61. The van der Waals surface area contributed by atoms with E-state index in [9.17, 15) is 0 Å². The van der Waals surface area contributed by atoms with Crippen LogP contribution in [-0.2, 0) is 6.54 Å². The number of hydrogen-bond acceptors (Lipinski definition) is 1. The van der Waals surface area contributed by atoms with Crippen molar-refractivity contribution in [3.8, 4) is 0 Å². The average Bonchev–Trinajstić information content (AvgIpc) is 2.58. The summed E-state index contributed by atoms with van der Waals surface area (Å²) in [5, 5.41) is 2.12. The predicted octanol–water partition coefficient (Wildman–Crippen LogP) is 3.26. The summed E-state index contributed by atoms with van der Waals surface area (Å²) in [7, 11) is 0. The van der Waals surface area contributed by atoms with E-state index in [1.807, 2.05) is 6.07 Å². The standard InChI is InChI=1S/C13H17ClN2/c1-9-8-16(7-3-6-15)13-10(2)12(14)5-4-11(9)13/h4-5,8H,3,6-7,15H2,1-2H3. The number of nitrogens with zero attached hydrogens (tertiary/aromatic N) is 1. The van der Waals surface area contributed by atoms with Crippen LogP contribution in [0.1, 0.15) is 17.5 Å². The van der Waals surface area contributed by atoms with Crippen LogP contribution >= 0.6 is 11.6 Å². The van der Waals surface area contributed by atoms with Gasteiger partial charge in [-0.15, -0.1) is 0 Å². The molecule has 2 N–H and O–H groups in total. The van der Waals surface area contributed by atoms with Crippen LogP contribution in [0.5, 0.6) is 0 Å². The lowest BCUT2D eigenvalue weighted by atomic mass is 10.1. The molecule has 2 rings (SSSR count). The summed E-state index contributed by atoms with van der Waals surface area (Å²) in [5.74, 6) is 0. The number of nitrogens with two attached hydrogens (primary N) is 1. The molecule has 0 saturated carbocycles. The van der Waals surface area contributed by atoms with Gasteiger partial charge in [0.1, 0.15) is 0 Å². The normalized spacial score (nSPS) is 11.2. The molecular formula is C13H17ClN2. The zero-order chi connectivity index (χ0) is 11.7. The Labute approximate surface area is 101 Å². The smallest absolute Gasteiger partial charge is 0.0527 e. The third kappa shape index (κ3) is 1.83. The number of halogens is 1. The van der Waals surface area contributed by atoms with E-state index >= 15 is 0 Å². The molecule has 0 unspecified atom stereocenters. The zero-order valence-corrected chi connectivity index (χ0v) is 10.5. The fourth-order valence-electron chi connectivity index (χ4n) is 2.17. The van der Waals surface area contributed by atoms with Crippen molar-refractivity contribution in [3.63, 3.8) is 0 Å². The van der Waals surface area contributed by atoms with Gasteiger partial charge in [-0.05, 0) is 44.0 Å². The largest absolute Gasteiger partial charge is 0.347 e. The van der Waals surface area contributed by atoms with Crippen LogP contribution in [0.2, 0.25) is 5.02 Å². The molecule has 1 aromatic carbocycles. The second-order valence-corrected chi connectivity index (χ2v) is 4.62. The Morgan fingerprint density at radius 2 is 2.06 bits per heavy atom. The third-order valence-corrected chi connectivity index (χ3v) is 3.44. The number of fused-ring (bicyclic) bond motifs is 1. The lowest BCUT2D eigenvalue weighted by molar-refractivity contribution is 0.669. The molecule has 0 atom stereocenters. The first-order valence-corrected chi connectivity index (χ1v) is 5.97. The molecule has 16 heavy (non-hydrogen) atoms. The van der Waals surface area contributed by atoms with Crippen molar-refractivity contribution >= 4 is 22.5 Å². The maximum Gasteiger partial charge on any atom is 0.0527 e. The van der Waals surface area contributed by atoms with Crippen molar-refractivity contribution in [2.45, 2.75) is 26.8 Å². The number of aromatic nitrogens is 1. The van der Waals surface area contributed by atoms with Gasteiger partial charge in [-0.1, -0.05) is 17.7 Å². The minimum absolute atomic E-state index is 0.721. The maximum atomic E-state index is 6.16. The van der Waals surface area contributed by atoms with Gasteiger partial charge in [0, 0.05) is 23.2 Å². The summed E-state index contributed by atoms with van der Waals surface area (Å²) >= 11 is 6.16. The molecule has 1 heterocycles. The predicted molar refractivity (Wildman–Crippen MR) is 70.1 cm³/mol. The number of hydrogen-bond donors (Lipinski definition) is 1. The van der Waals surface area contributed by atoms with E-state index in [1.54, 1.807) is 0 Å². The zero-order valence-electron chi connectivity index (χ0n) is 9.76. The van der Waals surface area contributed by atoms with Crippen LogP contribution in [0.15, 0.2) is 18.3 Å². The summed E-state index contributed by atoms with van der Waals surface area (Å²) in [5.41, 5.74) is 9.26. The molecule has 0 aliphatic rings. The van der Waals surface area contributed by atoms with Gasteiger partial charge in [-0.25, -0.2) is 0 Å². The first-order chi connectivity index (χ1) is 7.65. The second kappa shape index (κ2) is 4.48. The summed E-state index contributed by atoms with van der Waals surface area (Å²) in [6, 6.07) is 4.07. The van der Waals surface area contributed by atoms with E-state index in [4.69, 9.17) is 17.3 Å². The van der Waals surface area contributed by atoms with E-state index in [0.717, 1.165) is 30.1 Å². The first-order valence-electron chi connectivity index (χ1n) is 5.59. The van der Waals surface area contributed by atoms with Gasteiger partial charge in [0.25, 0.3) is 0 Å². The summed E-state index contributed by atoms with van der Waals surface area (Å²) in [6.45, 7) is 5.89. The summed E-state index contributed by atoms with van der Waals surface area (Å²) in [6.07, 6.45) is 3.18. The molecule has 0 aliphatic carbocycles. The molecule has 3 heteroatoms. The Hall–Kier alpha value is -0.990. The molecular weight excluding hydrogens is 220 g/mol. The van der Waals surface area contributed by atoms with E-state index in [0.29, 0.717) is 0 Å². The minimum Gasteiger partial charge on any atom is -0.347 e. The van der Waals surface area contributed by atoms with Gasteiger partial charge in [0.15, 0.2) is 0 Å². The molecule has 0 spiro atoms. The summed E-state index contributed by atoms with van der Waals surface area (Å²) < 4.78 is 2.26. The van der Waals surface area contributed by atoms with Crippen molar-refractivity contribution < 1.29 is 0 Å². The highest BCUT2D eigenvalue weighted by atomic mass is 35.5. The Kier molecular flexibility index (Phi) is 3.22. The maximum absolute atomic E-state index is 6.16. The number of aryl methyl sites for hydroxylation is 3. The van der Waals surface area contributed by atoms with Crippen molar-refractivity contribution in [2.75, 3.05) is 6.54 Å². The Morgan fingerprint density at radius 1 is 1.31 bits per heavy atom. The third-order valence-electron chi connectivity index (χ3n) is 3.03. The highest BCUT2D eigenvalue weighted by Gasteiger charge is 2.09. The molecule has 2 aromatic rings. The van der Waals surface area contributed by atoms with E-state index < -0.39 is 0 Å². The van der Waals surface area contributed by atoms with E-state index in [-0.39, 0.29) is 0 Å². The Bertz CT molecular complexity index is 514. The van der Waals surface area contributed by atoms with Crippen molar-refractivity contribution in [1.29, 1.82) is 0 Å². The van der Waals surface area contributed by atoms with Gasteiger partial charge in [0.05, 0.1) is 5.52 Å². The molecule has 0 aliphatic heterocycles. The topological polar surface area (TPSA) is 30.9 Å². The Morgan fingerprint density at radius 3 is 2.75 bits per heavy atom. The quantitative estimate of drug-likeness (QED) is 0.872. The highest BCUT2D eigenvalue weighted by Crippen LogP contribution is 2.29. The monoisotopic (exact) mass is 236 g/mol. The first kappa shape index (κ1) is 11.5. The molecule has 1 aromatic heterocycles. The van der Waals surface area contributed by atoms with Crippen LogP contribution in [-0.4, -0.2) is 11.1 Å². The van der Waals surface area contributed by atoms with Gasteiger partial charge >= 0.3 is 0 Å². The number of benzene rings is 1. The van der Waals surface area contributed by atoms with Gasteiger partial charge in [-0.3, -0.25) is 0 Å². The SMILES string of the molecule is Cc1cn(CCCN)c2c(C)c(Cl)ccc12. The molecule has 0 bridgehead atoms. The van der Waals surface area contributed by atoms with Crippen LogP contribution in [0, 0.1) is 13.8 Å². The molecule has 0 amide bonds. The van der Waals surface area contributed by atoms with Gasteiger partial charge in [0.2, 0.25) is 0 Å². The second-order valence-electron chi connectivity index (χ2n) is 4.22. The van der Waals surface area contributed by atoms with E-state index in [1.165, 1.54) is 16.5 Å². The highest BCUT2D eigenvalue weighted by molar-refractivity contribution is 6.32. The molecule has 2 nitrogen and oxygen atoms in total. The van der Waals surface area contributed by atoms with Crippen molar-refractivity contribution in [1.82, 2.24) is 4.57 Å². The van der Waals surface area contributed by atoms with Crippen molar-refractivity contribution in [2.24, 2.45) is 5.73 Å². The fraction of sp³-hybridized carbons (Fsp3) is 0.385. The van der Waals surface area contributed by atoms with E-state index in [2.05, 4.69) is 30.7 Å². The molecule has 86 valence electrons. The molecule has 0 radical (unpaired) electrons.